The van der Waals surface area contributed by atoms with E-state index in [1.807, 2.05) is 0 Å². The molecule has 0 aliphatic carbocycles. The van der Waals surface area contributed by atoms with Gasteiger partial charge in [-0.05, 0) is 29.8 Å². The number of fused-ring (bicyclic) bond motifs is 4. The molecule has 4 atom stereocenters. The van der Waals surface area contributed by atoms with Crippen molar-refractivity contribution in [2.45, 2.75) is 24.5 Å². The minimum absolute atomic E-state index is 0.0820. The number of primary amides is 1. The van der Waals surface area contributed by atoms with Crippen molar-refractivity contribution in [3.05, 3.63) is 64.4 Å². The number of likely N-dealkylation sites (tertiary alicyclic amines) is 1. The number of halogens is 2. The lowest BCUT2D eigenvalue weighted by molar-refractivity contribution is -0.143. The number of anilines is 1. The molecule has 0 bridgehead atoms. The van der Waals surface area contributed by atoms with Crippen LogP contribution in [0, 0.1) is 17.7 Å². The normalized spacial score (nSPS) is 28.2. The summed E-state index contributed by atoms with van der Waals surface area (Å²) in [5.74, 6) is -5.18. The number of hydrogen-bond donors (Lipinski definition) is 3. The maximum absolute atomic E-state index is 14.1. The molecule has 1 spiro atoms. The Morgan fingerprint density at radius 1 is 1.16 bits per heavy atom. The van der Waals surface area contributed by atoms with Gasteiger partial charge in [0.15, 0.2) is 0 Å². The highest BCUT2D eigenvalue weighted by Crippen LogP contribution is 2.53. The number of carbonyl (C=O) groups is 4. The van der Waals surface area contributed by atoms with Gasteiger partial charge in [-0.25, -0.2) is 4.39 Å². The number of carbonyl (C=O) groups excluding carboxylic acids is 4. The molecule has 2 fully saturated rings. The molecule has 0 radical (unpaired) electrons. The number of rotatable bonds is 4. The van der Waals surface area contributed by atoms with Crippen LogP contribution in [0.25, 0.3) is 0 Å². The number of nitrogens with one attached hydrogen (secondary N) is 2. The predicted molar refractivity (Wildman–Crippen MR) is 111 cm³/mol. The van der Waals surface area contributed by atoms with Crippen molar-refractivity contribution in [3.8, 4) is 0 Å². The van der Waals surface area contributed by atoms with Crippen LogP contribution in [0.2, 0.25) is 5.02 Å². The second-order valence-corrected chi connectivity index (χ2v) is 8.64. The minimum atomic E-state index is -1.69. The van der Waals surface area contributed by atoms with Crippen molar-refractivity contribution < 1.29 is 23.6 Å². The van der Waals surface area contributed by atoms with E-state index in [0.717, 1.165) is 4.90 Å². The summed E-state index contributed by atoms with van der Waals surface area (Å²) in [5.41, 5.74) is 4.83. The second kappa shape index (κ2) is 7.11. The number of benzene rings is 2. The van der Waals surface area contributed by atoms with Gasteiger partial charge >= 0.3 is 0 Å². The molecule has 5 rings (SSSR count). The fourth-order valence-electron chi connectivity index (χ4n) is 5.18. The van der Waals surface area contributed by atoms with Crippen LogP contribution < -0.4 is 16.4 Å². The predicted octanol–water partition coefficient (Wildman–Crippen LogP) is 1.28. The van der Waals surface area contributed by atoms with E-state index in [1.54, 1.807) is 24.3 Å². The van der Waals surface area contributed by atoms with E-state index in [0.29, 0.717) is 16.3 Å². The van der Waals surface area contributed by atoms with Gasteiger partial charge < -0.3 is 11.1 Å². The van der Waals surface area contributed by atoms with Gasteiger partial charge in [-0.2, -0.15) is 0 Å². The molecule has 0 aromatic heterocycles. The molecule has 164 valence electrons. The maximum atomic E-state index is 14.1. The summed E-state index contributed by atoms with van der Waals surface area (Å²) < 4.78 is 14.1. The van der Waals surface area contributed by atoms with Gasteiger partial charge in [0.05, 0.1) is 18.4 Å². The molecule has 3 aliphatic heterocycles. The molecule has 4 amide bonds. The number of hydrogen-bond acceptors (Lipinski definition) is 5. The molecule has 8 nitrogen and oxygen atoms in total. The zero-order valence-corrected chi connectivity index (χ0v) is 17.4. The van der Waals surface area contributed by atoms with E-state index in [4.69, 9.17) is 17.3 Å². The Bertz CT molecular complexity index is 1200. The Hall–Kier alpha value is -3.30. The van der Waals surface area contributed by atoms with E-state index in [1.165, 1.54) is 18.2 Å². The average Bonchev–Trinajstić information content (AvgIpc) is 3.30. The highest BCUT2D eigenvalue weighted by molar-refractivity contribution is 6.31. The first-order chi connectivity index (χ1) is 15.2. The lowest BCUT2D eigenvalue weighted by atomic mass is 9.76. The first-order valence-corrected chi connectivity index (χ1v) is 10.4. The maximum Gasteiger partial charge on any atom is 0.250 e. The van der Waals surface area contributed by atoms with Gasteiger partial charge in [0.2, 0.25) is 23.6 Å². The highest BCUT2D eigenvalue weighted by Gasteiger charge is 2.70. The van der Waals surface area contributed by atoms with E-state index < -0.39 is 52.9 Å². The van der Waals surface area contributed by atoms with Crippen LogP contribution in [0.1, 0.15) is 17.5 Å². The van der Waals surface area contributed by atoms with Crippen molar-refractivity contribution >= 4 is 40.9 Å². The number of nitrogens with zero attached hydrogens (tertiary/aromatic N) is 1. The topological polar surface area (TPSA) is 122 Å². The third-order valence-corrected chi connectivity index (χ3v) is 6.84. The van der Waals surface area contributed by atoms with Crippen LogP contribution in [-0.2, 0) is 31.3 Å². The van der Waals surface area contributed by atoms with Gasteiger partial charge in [0, 0.05) is 28.7 Å². The summed E-state index contributed by atoms with van der Waals surface area (Å²) in [5, 5.41) is 6.07. The molecule has 2 aromatic carbocycles. The third-order valence-electron chi connectivity index (χ3n) is 6.48. The Labute approximate surface area is 186 Å². The molecular formula is C22H18ClFN4O4. The zero-order chi connectivity index (χ0) is 22.8. The van der Waals surface area contributed by atoms with Crippen LogP contribution in [0.5, 0.6) is 0 Å². The summed E-state index contributed by atoms with van der Waals surface area (Å²) in [4.78, 5) is 53.0. The zero-order valence-electron chi connectivity index (χ0n) is 16.6. The van der Waals surface area contributed by atoms with Crippen molar-refractivity contribution in [2.24, 2.45) is 17.6 Å². The third kappa shape index (κ3) is 2.78. The van der Waals surface area contributed by atoms with Crippen LogP contribution in [0.4, 0.5) is 10.1 Å². The van der Waals surface area contributed by atoms with Crippen LogP contribution in [-0.4, -0.2) is 34.6 Å². The van der Waals surface area contributed by atoms with E-state index in [2.05, 4.69) is 10.6 Å². The van der Waals surface area contributed by atoms with E-state index in [9.17, 15) is 23.6 Å². The Balaban J connectivity index is 1.62. The fraction of sp³-hybridized carbons (Fsp3) is 0.273. The summed E-state index contributed by atoms with van der Waals surface area (Å²) in [6.07, 6.45) is -0.264. The van der Waals surface area contributed by atoms with Crippen LogP contribution in [0.15, 0.2) is 42.5 Å². The monoisotopic (exact) mass is 456 g/mol. The SMILES string of the molecule is NC(=O)CC1NC2(C(=O)Nc3ccc(F)cc32)[C@H]2C(=O)N(Cc3ccccc3Cl)C(=O)[C@@H]12. The van der Waals surface area contributed by atoms with Crippen molar-refractivity contribution in [1.29, 1.82) is 0 Å². The fourth-order valence-corrected chi connectivity index (χ4v) is 5.37. The highest BCUT2D eigenvalue weighted by atomic mass is 35.5. The van der Waals surface area contributed by atoms with E-state index in [-0.39, 0.29) is 18.5 Å². The molecule has 2 aromatic rings. The lowest BCUT2D eigenvalue weighted by Gasteiger charge is -2.29. The Morgan fingerprint density at radius 2 is 1.91 bits per heavy atom. The second-order valence-electron chi connectivity index (χ2n) is 8.23. The number of amides is 4. The van der Waals surface area contributed by atoms with Gasteiger partial charge in [-0.3, -0.25) is 29.4 Å². The number of imide groups is 1. The molecule has 2 saturated heterocycles. The quantitative estimate of drug-likeness (QED) is 0.598. The average molecular weight is 457 g/mol. The summed E-state index contributed by atoms with van der Waals surface area (Å²) in [7, 11) is 0. The summed E-state index contributed by atoms with van der Waals surface area (Å²) in [6.45, 7) is -0.0820. The molecular weight excluding hydrogens is 439 g/mol. The Kier molecular flexibility index (Phi) is 4.58. The van der Waals surface area contributed by atoms with Crippen LogP contribution in [0.3, 0.4) is 0 Å². The molecule has 3 aliphatic rings. The van der Waals surface area contributed by atoms with E-state index >= 15 is 0 Å². The molecule has 0 saturated carbocycles. The van der Waals surface area contributed by atoms with Gasteiger partial charge in [0.1, 0.15) is 11.4 Å². The molecule has 10 heteroatoms. The summed E-state index contributed by atoms with van der Waals surface area (Å²) in [6, 6.07) is 9.68. The van der Waals surface area contributed by atoms with Gasteiger partial charge in [0.25, 0.3) is 0 Å². The molecule has 3 heterocycles. The molecule has 32 heavy (non-hydrogen) atoms. The van der Waals surface area contributed by atoms with Crippen molar-refractivity contribution in [3.63, 3.8) is 0 Å². The van der Waals surface area contributed by atoms with Crippen LogP contribution >= 0.6 is 11.6 Å². The Morgan fingerprint density at radius 3 is 2.62 bits per heavy atom. The number of nitrogens with two attached hydrogens (primary N) is 1. The minimum Gasteiger partial charge on any atom is -0.370 e. The lowest BCUT2D eigenvalue weighted by Crippen LogP contribution is -2.53. The molecule has 2 unspecified atom stereocenters. The molecule has 4 N–H and O–H groups in total. The standard InChI is InChI=1S/C22H18ClFN4O4/c23-13-4-2-1-3-10(13)9-28-19(30)17-15(8-16(25)29)27-22(18(17)20(28)31)12-7-11(24)5-6-14(12)26-21(22)32/h1-7,15,17-18,27H,8-9H2,(H2,25,29)(H,26,32)/t15?,17-,18+,22?/m0/s1. The summed E-state index contributed by atoms with van der Waals surface area (Å²) >= 11 is 6.22. The van der Waals surface area contributed by atoms with Crippen molar-refractivity contribution in [1.82, 2.24) is 10.2 Å². The van der Waals surface area contributed by atoms with Crippen molar-refractivity contribution in [2.75, 3.05) is 5.32 Å². The smallest absolute Gasteiger partial charge is 0.250 e. The van der Waals surface area contributed by atoms with Gasteiger partial charge in [-0.1, -0.05) is 29.8 Å². The first kappa shape index (κ1) is 20.6. The largest absolute Gasteiger partial charge is 0.370 e. The van der Waals surface area contributed by atoms with Gasteiger partial charge in [-0.15, -0.1) is 0 Å². The first-order valence-electron chi connectivity index (χ1n) is 10.00.